The summed E-state index contributed by atoms with van der Waals surface area (Å²) in [5.74, 6) is -0.287. The molecule has 3 fully saturated rings. The van der Waals surface area contributed by atoms with Crippen LogP contribution in [0.25, 0.3) is 0 Å². The zero-order chi connectivity index (χ0) is 47.7. The first kappa shape index (κ1) is 57.8. The molecule has 19 nitrogen and oxygen atoms in total. The zero-order valence-electron chi connectivity index (χ0n) is 38.7. The molecule has 3 aliphatic heterocycles. The number of hydrogen-bond acceptors (Lipinski definition) is 18. The molecule has 1 amide bonds. The van der Waals surface area contributed by atoms with Crippen LogP contribution in [0, 0.1) is 0 Å². The molecule has 3 saturated heterocycles. The van der Waals surface area contributed by atoms with Crippen LogP contribution in [0.3, 0.4) is 0 Å². The van der Waals surface area contributed by atoms with Crippen molar-refractivity contribution in [2.45, 2.75) is 247 Å². The Bertz CT molecular complexity index is 1260. The van der Waals surface area contributed by atoms with Crippen LogP contribution in [0.2, 0.25) is 0 Å². The summed E-state index contributed by atoms with van der Waals surface area (Å²) in [4.78, 5) is 13.0. The molecule has 19 heteroatoms. The maximum atomic E-state index is 13.0. The SMILES string of the molecule is CCC/C=C/C(O)C(COC1OC(CO)C(OC2OC(CO)C(OC3OC(CO)C(O)C(O)C3O)C(O)C2O)C(O)C1O)NC(=O)CCCCCCCCCCCCCCCCCCC. The maximum Gasteiger partial charge on any atom is 0.220 e. The Kier molecular flexibility index (Phi) is 28.8. The number of nitrogens with one attached hydrogen (secondary N) is 1. The van der Waals surface area contributed by atoms with Gasteiger partial charge in [-0.2, -0.15) is 0 Å². The van der Waals surface area contributed by atoms with E-state index in [9.17, 15) is 61.0 Å². The first-order valence-electron chi connectivity index (χ1n) is 24.4. The van der Waals surface area contributed by atoms with E-state index >= 15 is 0 Å². The van der Waals surface area contributed by atoms with E-state index in [1.54, 1.807) is 12.2 Å². The molecule has 3 rings (SSSR count). The summed E-state index contributed by atoms with van der Waals surface area (Å²) in [6, 6.07) is -0.961. The van der Waals surface area contributed by atoms with E-state index < -0.39 is 124 Å². The molecule has 0 bridgehead atoms. The number of allylic oxidation sites excluding steroid dienone is 1. The van der Waals surface area contributed by atoms with Crippen molar-refractivity contribution in [2.24, 2.45) is 0 Å². The van der Waals surface area contributed by atoms with Gasteiger partial charge in [-0.1, -0.05) is 135 Å². The predicted octanol–water partition coefficient (Wildman–Crippen LogP) is 0.695. The van der Waals surface area contributed by atoms with E-state index in [1.807, 2.05) is 6.92 Å². The number of rotatable bonds is 33. The number of hydrogen-bond donors (Lipinski definition) is 12. The Morgan fingerprint density at radius 3 is 1.42 bits per heavy atom. The van der Waals surface area contributed by atoms with E-state index in [1.165, 1.54) is 83.5 Å². The van der Waals surface area contributed by atoms with Gasteiger partial charge < -0.3 is 89.9 Å². The highest BCUT2D eigenvalue weighted by Gasteiger charge is 2.53. The minimum atomic E-state index is -1.97. The van der Waals surface area contributed by atoms with Gasteiger partial charge in [-0.25, -0.2) is 0 Å². The van der Waals surface area contributed by atoms with E-state index in [0.717, 1.165) is 25.7 Å². The van der Waals surface area contributed by atoms with Gasteiger partial charge in [-0.3, -0.25) is 4.79 Å². The van der Waals surface area contributed by atoms with Crippen molar-refractivity contribution in [3.05, 3.63) is 12.2 Å². The highest BCUT2D eigenvalue weighted by atomic mass is 16.8. The standard InChI is InChI=1S/C46H85NO18/c1-3-5-7-8-9-10-11-12-13-14-15-16-17-18-19-20-22-24-34(52)47-29(30(51)23-21-6-4-2)28-60-44-40(58)37(55)42(32(26-49)62-44)65-46-41(59)38(56)43(33(27-50)63-46)64-45-39(57)36(54)35(53)31(25-48)61-45/h21,23,29-33,35-46,48-51,53-59H,3-20,22,24-28H2,1-2H3,(H,47,52)/b23-21+. The van der Waals surface area contributed by atoms with Crippen molar-refractivity contribution in [1.29, 1.82) is 0 Å². The van der Waals surface area contributed by atoms with Gasteiger partial charge in [0.15, 0.2) is 18.9 Å². The number of aliphatic hydroxyl groups excluding tert-OH is 11. The van der Waals surface area contributed by atoms with Crippen molar-refractivity contribution in [3.8, 4) is 0 Å². The molecule has 3 aliphatic rings. The summed E-state index contributed by atoms with van der Waals surface area (Å²) in [5.41, 5.74) is 0. The van der Waals surface area contributed by atoms with Crippen LogP contribution in [0.5, 0.6) is 0 Å². The molecular weight excluding hydrogens is 854 g/mol. The van der Waals surface area contributed by atoms with E-state index in [4.69, 9.17) is 28.4 Å². The molecule has 0 spiro atoms. The smallest absolute Gasteiger partial charge is 0.220 e. The predicted molar refractivity (Wildman–Crippen MR) is 236 cm³/mol. The summed E-state index contributed by atoms with van der Waals surface area (Å²) < 4.78 is 33.8. The molecule has 0 saturated carbocycles. The third kappa shape index (κ3) is 19.1. The van der Waals surface area contributed by atoms with Crippen LogP contribution in [-0.2, 0) is 33.2 Å². The van der Waals surface area contributed by atoms with Gasteiger partial charge in [-0.15, -0.1) is 0 Å². The summed E-state index contributed by atoms with van der Waals surface area (Å²) in [7, 11) is 0. The second-order valence-electron chi connectivity index (χ2n) is 17.9. The number of unbranched alkanes of at least 4 members (excludes halogenated alkanes) is 17. The van der Waals surface area contributed by atoms with Crippen molar-refractivity contribution in [1.82, 2.24) is 5.32 Å². The second kappa shape index (κ2) is 32.4. The third-order valence-electron chi connectivity index (χ3n) is 12.6. The van der Waals surface area contributed by atoms with E-state index in [-0.39, 0.29) is 18.9 Å². The summed E-state index contributed by atoms with van der Waals surface area (Å²) in [6.45, 7) is 1.46. The molecule has 0 aromatic rings. The van der Waals surface area contributed by atoms with Gasteiger partial charge in [0.05, 0.1) is 38.6 Å². The molecule has 17 unspecified atom stereocenters. The molecule has 65 heavy (non-hydrogen) atoms. The molecule has 0 radical (unpaired) electrons. The van der Waals surface area contributed by atoms with Crippen LogP contribution in [0.4, 0.5) is 0 Å². The first-order chi connectivity index (χ1) is 31.3. The average molecular weight is 940 g/mol. The van der Waals surface area contributed by atoms with Crippen molar-refractivity contribution in [3.63, 3.8) is 0 Å². The summed E-state index contributed by atoms with van der Waals surface area (Å²) in [5, 5.41) is 119. The van der Waals surface area contributed by atoms with E-state index in [0.29, 0.717) is 12.8 Å². The normalized spacial score (nSPS) is 34.2. The fourth-order valence-electron chi connectivity index (χ4n) is 8.43. The number of carbonyl (C=O) groups excluding carboxylic acids is 1. The van der Waals surface area contributed by atoms with Gasteiger partial charge in [-0.05, 0) is 12.8 Å². The Hall–Kier alpha value is -1.47. The Morgan fingerprint density at radius 1 is 0.538 bits per heavy atom. The van der Waals surface area contributed by atoms with Crippen molar-refractivity contribution < 1.29 is 89.4 Å². The molecule has 382 valence electrons. The van der Waals surface area contributed by atoms with Gasteiger partial charge in [0.2, 0.25) is 5.91 Å². The average Bonchev–Trinajstić information content (AvgIpc) is 3.30. The van der Waals surface area contributed by atoms with Gasteiger partial charge in [0.1, 0.15) is 73.2 Å². The Balaban J connectivity index is 1.46. The van der Waals surface area contributed by atoms with Gasteiger partial charge in [0.25, 0.3) is 0 Å². The largest absolute Gasteiger partial charge is 0.394 e. The van der Waals surface area contributed by atoms with Crippen LogP contribution in [-0.4, -0.2) is 193 Å². The monoisotopic (exact) mass is 940 g/mol. The van der Waals surface area contributed by atoms with Crippen LogP contribution < -0.4 is 5.32 Å². The molecule has 0 aromatic heterocycles. The molecule has 3 heterocycles. The number of carbonyl (C=O) groups is 1. The lowest BCUT2D eigenvalue weighted by Crippen LogP contribution is -2.66. The second-order valence-corrected chi connectivity index (χ2v) is 17.9. The zero-order valence-corrected chi connectivity index (χ0v) is 38.7. The minimum Gasteiger partial charge on any atom is -0.394 e. The lowest BCUT2D eigenvalue weighted by atomic mass is 9.96. The Morgan fingerprint density at radius 2 is 0.954 bits per heavy atom. The van der Waals surface area contributed by atoms with Crippen LogP contribution in [0.1, 0.15) is 142 Å². The number of amides is 1. The highest BCUT2D eigenvalue weighted by molar-refractivity contribution is 5.76. The lowest BCUT2D eigenvalue weighted by molar-refractivity contribution is -0.379. The van der Waals surface area contributed by atoms with Crippen LogP contribution >= 0.6 is 0 Å². The lowest BCUT2D eigenvalue weighted by Gasteiger charge is -2.48. The minimum absolute atomic E-state index is 0.245. The summed E-state index contributed by atoms with van der Waals surface area (Å²) in [6.07, 6.45) is -0.824. The molecule has 12 N–H and O–H groups in total. The van der Waals surface area contributed by atoms with Crippen LogP contribution in [0.15, 0.2) is 12.2 Å². The quantitative estimate of drug-likeness (QED) is 0.0318. The molecule has 17 atom stereocenters. The van der Waals surface area contributed by atoms with Gasteiger partial charge in [0, 0.05) is 6.42 Å². The summed E-state index contributed by atoms with van der Waals surface area (Å²) >= 11 is 0. The van der Waals surface area contributed by atoms with Crippen molar-refractivity contribution in [2.75, 3.05) is 26.4 Å². The molecular formula is C46H85NO18. The molecule has 0 aromatic carbocycles. The maximum absolute atomic E-state index is 13.0. The highest BCUT2D eigenvalue weighted by Crippen LogP contribution is 2.33. The third-order valence-corrected chi connectivity index (χ3v) is 12.6. The fourth-order valence-corrected chi connectivity index (χ4v) is 8.43. The first-order valence-corrected chi connectivity index (χ1v) is 24.4. The number of ether oxygens (including phenoxy) is 6. The molecule has 0 aliphatic carbocycles. The topological polar surface area (TPSA) is 307 Å². The van der Waals surface area contributed by atoms with Gasteiger partial charge >= 0.3 is 0 Å². The van der Waals surface area contributed by atoms with E-state index in [2.05, 4.69) is 12.2 Å². The Labute approximate surface area is 385 Å². The fraction of sp³-hybridized carbons (Fsp3) is 0.935. The van der Waals surface area contributed by atoms with Crippen molar-refractivity contribution >= 4 is 5.91 Å². The number of aliphatic hydroxyl groups is 11.